The zero-order chi connectivity index (χ0) is 12.8. The molecular weight excluding hydrogens is 226 g/mol. The minimum atomic E-state index is 0.493. The maximum absolute atomic E-state index is 5.45. The van der Waals surface area contributed by atoms with Gasteiger partial charge in [-0.3, -0.25) is 0 Å². The Kier molecular flexibility index (Phi) is 5.20. The molecule has 2 rings (SSSR count). The van der Waals surface area contributed by atoms with Crippen LogP contribution in [0.1, 0.15) is 50.7 Å². The second-order valence-electron chi connectivity index (χ2n) is 5.38. The maximum atomic E-state index is 5.45. The van der Waals surface area contributed by atoms with E-state index in [-0.39, 0.29) is 0 Å². The Bertz CT molecular complexity index is 343. The molecule has 2 atom stereocenters. The van der Waals surface area contributed by atoms with Crippen LogP contribution in [0.3, 0.4) is 0 Å². The maximum Gasteiger partial charge on any atom is 0.208 e. The SMILES string of the molecule is Cc1cnc(CNC(C)CC2CCCCCN2)o1. The fourth-order valence-corrected chi connectivity index (χ4v) is 2.56. The van der Waals surface area contributed by atoms with Crippen molar-refractivity contribution in [3.63, 3.8) is 0 Å². The zero-order valence-corrected chi connectivity index (χ0v) is 11.5. The summed E-state index contributed by atoms with van der Waals surface area (Å²) in [5.41, 5.74) is 0. The van der Waals surface area contributed by atoms with Gasteiger partial charge in [0.1, 0.15) is 5.76 Å². The average molecular weight is 251 g/mol. The van der Waals surface area contributed by atoms with Crippen LogP contribution >= 0.6 is 0 Å². The zero-order valence-electron chi connectivity index (χ0n) is 11.5. The van der Waals surface area contributed by atoms with E-state index in [2.05, 4.69) is 22.5 Å². The van der Waals surface area contributed by atoms with E-state index in [0.29, 0.717) is 12.1 Å². The van der Waals surface area contributed by atoms with Gasteiger partial charge in [0.2, 0.25) is 5.89 Å². The Morgan fingerprint density at radius 2 is 2.39 bits per heavy atom. The Balaban J connectivity index is 1.69. The summed E-state index contributed by atoms with van der Waals surface area (Å²) in [4.78, 5) is 4.20. The molecule has 2 unspecified atom stereocenters. The molecule has 2 heterocycles. The van der Waals surface area contributed by atoms with Gasteiger partial charge in [-0.2, -0.15) is 0 Å². The Morgan fingerprint density at radius 1 is 1.50 bits per heavy atom. The van der Waals surface area contributed by atoms with Gasteiger partial charge in [0.15, 0.2) is 0 Å². The second-order valence-corrected chi connectivity index (χ2v) is 5.38. The molecule has 1 fully saturated rings. The monoisotopic (exact) mass is 251 g/mol. The third-order valence-corrected chi connectivity index (χ3v) is 3.57. The standard InChI is InChI=1S/C14H25N3O/c1-11(8-13-6-4-3-5-7-15-13)16-10-14-17-9-12(2)18-14/h9,11,13,15-16H,3-8,10H2,1-2H3. The van der Waals surface area contributed by atoms with Crippen LogP contribution in [0.5, 0.6) is 0 Å². The highest BCUT2D eigenvalue weighted by molar-refractivity contribution is 4.90. The molecular formula is C14H25N3O. The van der Waals surface area contributed by atoms with E-state index in [9.17, 15) is 0 Å². The minimum absolute atomic E-state index is 0.493. The quantitative estimate of drug-likeness (QED) is 0.843. The van der Waals surface area contributed by atoms with Gasteiger partial charge in [0.25, 0.3) is 0 Å². The van der Waals surface area contributed by atoms with E-state index in [1.54, 1.807) is 6.20 Å². The van der Waals surface area contributed by atoms with E-state index in [1.165, 1.54) is 38.6 Å². The van der Waals surface area contributed by atoms with E-state index in [1.807, 2.05) is 6.92 Å². The normalized spacial score (nSPS) is 22.7. The van der Waals surface area contributed by atoms with Crippen LogP contribution in [0.2, 0.25) is 0 Å². The van der Waals surface area contributed by atoms with E-state index in [4.69, 9.17) is 4.42 Å². The van der Waals surface area contributed by atoms with Crippen molar-refractivity contribution in [1.29, 1.82) is 0 Å². The van der Waals surface area contributed by atoms with Crippen molar-refractivity contribution in [2.75, 3.05) is 6.54 Å². The number of hydrogen-bond donors (Lipinski definition) is 2. The highest BCUT2D eigenvalue weighted by atomic mass is 16.4. The second kappa shape index (κ2) is 6.90. The fourth-order valence-electron chi connectivity index (χ4n) is 2.56. The first-order chi connectivity index (χ1) is 8.74. The Labute approximate surface area is 110 Å². The van der Waals surface area contributed by atoms with Crippen LogP contribution in [0.4, 0.5) is 0 Å². The van der Waals surface area contributed by atoms with E-state index in [0.717, 1.165) is 18.2 Å². The van der Waals surface area contributed by atoms with Gasteiger partial charge in [0, 0.05) is 12.1 Å². The van der Waals surface area contributed by atoms with Crippen molar-refractivity contribution in [3.05, 3.63) is 17.8 Å². The summed E-state index contributed by atoms with van der Waals surface area (Å²) < 4.78 is 5.45. The molecule has 102 valence electrons. The molecule has 0 bridgehead atoms. The first-order valence-corrected chi connectivity index (χ1v) is 7.12. The summed E-state index contributed by atoms with van der Waals surface area (Å²) in [5, 5.41) is 7.12. The largest absolute Gasteiger partial charge is 0.445 e. The van der Waals surface area contributed by atoms with Gasteiger partial charge in [-0.05, 0) is 39.7 Å². The molecule has 0 aliphatic carbocycles. The Hall–Kier alpha value is -0.870. The molecule has 1 aromatic rings. The van der Waals surface area contributed by atoms with Gasteiger partial charge in [0.05, 0.1) is 12.7 Å². The first-order valence-electron chi connectivity index (χ1n) is 7.12. The lowest BCUT2D eigenvalue weighted by Gasteiger charge is -2.20. The van der Waals surface area contributed by atoms with Gasteiger partial charge in [-0.15, -0.1) is 0 Å². The average Bonchev–Trinajstić information content (AvgIpc) is 2.60. The third kappa shape index (κ3) is 4.42. The van der Waals surface area contributed by atoms with Gasteiger partial charge >= 0.3 is 0 Å². The lowest BCUT2D eigenvalue weighted by atomic mass is 10.0. The van der Waals surface area contributed by atoms with Crippen LogP contribution in [-0.2, 0) is 6.54 Å². The number of hydrogen-bond acceptors (Lipinski definition) is 4. The summed E-state index contributed by atoms with van der Waals surface area (Å²) in [6.07, 6.45) is 8.33. The highest BCUT2D eigenvalue weighted by Gasteiger charge is 2.15. The van der Waals surface area contributed by atoms with Crippen LogP contribution in [0, 0.1) is 6.92 Å². The number of rotatable bonds is 5. The van der Waals surface area contributed by atoms with Crippen LogP contribution in [-0.4, -0.2) is 23.6 Å². The third-order valence-electron chi connectivity index (χ3n) is 3.57. The molecule has 0 radical (unpaired) electrons. The number of aryl methyl sites for hydroxylation is 1. The number of aromatic nitrogens is 1. The molecule has 0 aromatic carbocycles. The van der Waals surface area contributed by atoms with Crippen molar-refractivity contribution < 1.29 is 4.42 Å². The number of oxazole rings is 1. The molecule has 4 heteroatoms. The summed E-state index contributed by atoms with van der Waals surface area (Å²) in [6.45, 7) is 6.07. The van der Waals surface area contributed by atoms with Crippen molar-refractivity contribution in [2.24, 2.45) is 0 Å². The predicted octanol–water partition coefficient (Wildman–Crippen LogP) is 2.38. The molecule has 0 spiro atoms. The lowest BCUT2D eigenvalue weighted by Crippen LogP contribution is -2.36. The van der Waals surface area contributed by atoms with Crippen molar-refractivity contribution >= 4 is 0 Å². The van der Waals surface area contributed by atoms with Crippen LogP contribution in [0.15, 0.2) is 10.6 Å². The first kappa shape index (κ1) is 13.6. The van der Waals surface area contributed by atoms with Gasteiger partial charge in [-0.25, -0.2) is 4.98 Å². The smallest absolute Gasteiger partial charge is 0.208 e. The lowest BCUT2D eigenvalue weighted by molar-refractivity contribution is 0.378. The van der Waals surface area contributed by atoms with E-state index >= 15 is 0 Å². The molecule has 1 saturated heterocycles. The molecule has 18 heavy (non-hydrogen) atoms. The van der Waals surface area contributed by atoms with Gasteiger partial charge < -0.3 is 15.1 Å². The van der Waals surface area contributed by atoms with Crippen LogP contribution < -0.4 is 10.6 Å². The number of nitrogens with one attached hydrogen (secondary N) is 2. The van der Waals surface area contributed by atoms with E-state index < -0.39 is 0 Å². The molecule has 0 saturated carbocycles. The molecule has 4 nitrogen and oxygen atoms in total. The number of nitrogens with zero attached hydrogens (tertiary/aromatic N) is 1. The molecule has 1 aromatic heterocycles. The summed E-state index contributed by atoms with van der Waals surface area (Å²) in [7, 11) is 0. The minimum Gasteiger partial charge on any atom is -0.445 e. The van der Waals surface area contributed by atoms with Gasteiger partial charge in [-0.1, -0.05) is 12.8 Å². The van der Waals surface area contributed by atoms with Crippen molar-refractivity contribution in [3.8, 4) is 0 Å². The molecule has 1 aliphatic heterocycles. The van der Waals surface area contributed by atoms with Crippen molar-refractivity contribution in [1.82, 2.24) is 15.6 Å². The topological polar surface area (TPSA) is 50.1 Å². The summed E-state index contributed by atoms with van der Waals surface area (Å²) >= 11 is 0. The molecule has 0 amide bonds. The van der Waals surface area contributed by atoms with Crippen LogP contribution in [0.25, 0.3) is 0 Å². The molecule has 2 N–H and O–H groups in total. The summed E-state index contributed by atoms with van der Waals surface area (Å²) in [6, 6.07) is 1.16. The predicted molar refractivity (Wildman–Crippen MR) is 72.4 cm³/mol. The Morgan fingerprint density at radius 3 is 3.17 bits per heavy atom. The summed E-state index contributed by atoms with van der Waals surface area (Å²) in [5.74, 6) is 1.66. The highest BCUT2D eigenvalue weighted by Crippen LogP contribution is 2.12. The fraction of sp³-hybridized carbons (Fsp3) is 0.786. The van der Waals surface area contributed by atoms with Crippen molar-refractivity contribution in [2.45, 2.75) is 64.6 Å². The molecule has 1 aliphatic rings.